The van der Waals surface area contributed by atoms with E-state index in [0.29, 0.717) is 17.6 Å². The first-order valence-electron chi connectivity index (χ1n) is 8.31. The molecule has 2 aromatic rings. The number of aryl methyl sites for hydroxylation is 1. The van der Waals surface area contributed by atoms with Crippen LogP contribution < -0.4 is 9.80 Å². The fourth-order valence-electron chi connectivity index (χ4n) is 2.96. The van der Waals surface area contributed by atoms with E-state index < -0.39 is 0 Å². The third-order valence-corrected chi connectivity index (χ3v) is 4.44. The molecule has 2 aliphatic rings. The van der Waals surface area contributed by atoms with E-state index in [9.17, 15) is 0 Å². The molecule has 0 atom stereocenters. The molecule has 2 aromatic heterocycles. The summed E-state index contributed by atoms with van der Waals surface area (Å²) in [7, 11) is 0. The molecule has 1 aliphatic carbocycles. The second-order valence-corrected chi connectivity index (χ2v) is 6.33. The van der Waals surface area contributed by atoms with Crippen molar-refractivity contribution in [2.24, 2.45) is 0 Å². The summed E-state index contributed by atoms with van der Waals surface area (Å²) in [6.07, 6.45) is 4.06. The Bertz CT molecular complexity index is 786. The molecule has 24 heavy (non-hydrogen) atoms. The predicted molar refractivity (Wildman–Crippen MR) is 89.9 cm³/mol. The molecular formula is C17H19N7. The van der Waals surface area contributed by atoms with Gasteiger partial charge in [-0.1, -0.05) is 0 Å². The average Bonchev–Trinajstić information content (AvgIpc) is 3.47. The standard InChI is InChI=1S/C17H19N7/c1-12-10-15(22-16(20-12)13-2-3-13)23-6-8-24(9-7-23)17-19-5-4-14(11-18)21-17/h4-5,10,13H,2-3,6-9H2,1H3. The Morgan fingerprint density at radius 2 is 1.83 bits per heavy atom. The highest BCUT2D eigenvalue weighted by molar-refractivity contribution is 5.44. The SMILES string of the molecule is Cc1cc(N2CCN(c3nccc(C#N)n3)CC2)nc(C2CC2)n1. The van der Waals surface area contributed by atoms with Gasteiger partial charge in [0, 0.05) is 50.1 Å². The normalized spacial score (nSPS) is 17.7. The summed E-state index contributed by atoms with van der Waals surface area (Å²) in [5.41, 5.74) is 1.44. The van der Waals surface area contributed by atoms with Crippen LogP contribution in [-0.2, 0) is 0 Å². The van der Waals surface area contributed by atoms with Crippen LogP contribution in [0.2, 0.25) is 0 Å². The molecule has 7 heteroatoms. The van der Waals surface area contributed by atoms with Crippen molar-refractivity contribution in [3.8, 4) is 6.07 Å². The van der Waals surface area contributed by atoms with Crippen molar-refractivity contribution in [1.82, 2.24) is 19.9 Å². The number of hydrogen-bond donors (Lipinski definition) is 0. The number of anilines is 2. The van der Waals surface area contributed by atoms with Crippen LogP contribution in [-0.4, -0.2) is 46.1 Å². The number of hydrogen-bond acceptors (Lipinski definition) is 7. The average molecular weight is 321 g/mol. The van der Waals surface area contributed by atoms with Crippen molar-refractivity contribution in [1.29, 1.82) is 5.26 Å². The quantitative estimate of drug-likeness (QED) is 0.850. The smallest absolute Gasteiger partial charge is 0.226 e. The number of piperazine rings is 1. The summed E-state index contributed by atoms with van der Waals surface area (Å²) in [4.78, 5) is 22.3. The lowest BCUT2D eigenvalue weighted by Crippen LogP contribution is -2.47. The molecule has 122 valence electrons. The van der Waals surface area contributed by atoms with Gasteiger partial charge >= 0.3 is 0 Å². The van der Waals surface area contributed by atoms with Gasteiger partial charge in [-0.2, -0.15) is 5.26 Å². The first-order valence-corrected chi connectivity index (χ1v) is 8.31. The maximum absolute atomic E-state index is 8.97. The highest BCUT2D eigenvalue weighted by Gasteiger charge is 2.28. The van der Waals surface area contributed by atoms with Crippen LogP contribution in [0.4, 0.5) is 11.8 Å². The summed E-state index contributed by atoms with van der Waals surface area (Å²) in [6.45, 7) is 5.39. The van der Waals surface area contributed by atoms with Gasteiger partial charge in [0.05, 0.1) is 0 Å². The van der Waals surface area contributed by atoms with E-state index in [1.165, 1.54) is 12.8 Å². The van der Waals surface area contributed by atoms with Crippen LogP contribution in [0, 0.1) is 18.3 Å². The van der Waals surface area contributed by atoms with Crippen molar-refractivity contribution >= 4 is 11.8 Å². The van der Waals surface area contributed by atoms with Crippen LogP contribution in [0.15, 0.2) is 18.3 Å². The van der Waals surface area contributed by atoms with Gasteiger partial charge in [0.2, 0.25) is 5.95 Å². The predicted octanol–water partition coefficient (Wildman–Crippen LogP) is 1.65. The van der Waals surface area contributed by atoms with E-state index in [4.69, 9.17) is 10.2 Å². The van der Waals surface area contributed by atoms with Crippen molar-refractivity contribution in [2.45, 2.75) is 25.7 Å². The third-order valence-electron chi connectivity index (χ3n) is 4.44. The van der Waals surface area contributed by atoms with E-state index in [1.807, 2.05) is 6.92 Å². The molecule has 1 saturated heterocycles. The first-order chi connectivity index (χ1) is 11.7. The molecular weight excluding hydrogens is 302 g/mol. The molecule has 1 aliphatic heterocycles. The Balaban J connectivity index is 1.47. The van der Waals surface area contributed by atoms with E-state index in [2.05, 4.69) is 36.9 Å². The molecule has 0 N–H and O–H groups in total. The number of nitrogens with zero attached hydrogens (tertiary/aromatic N) is 7. The number of rotatable bonds is 3. The van der Waals surface area contributed by atoms with Crippen LogP contribution in [0.25, 0.3) is 0 Å². The Morgan fingerprint density at radius 1 is 1.08 bits per heavy atom. The van der Waals surface area contributed by atoms with Gasteiger partial charge in [0.15, 0.2) is 0 Å². The zero-order valence-corrected chi connectivity index (χ0v) is 13.7. The first kappa shape index (κ1) is 14.8. The van der Waals surface area contributed by atoms with Gasteiger partial charge in [0.25, 0.3) is 0 Å². The van der Waals surface area contributed by atoms with E-state index in [1.54, 1.807) is 12.3 Å². The molecule has 3 heterocycles. The maximum atomic E-state index is 8.97. The summed E-state index contributed by atoms with van der Waals surface area (Å²) in [6, 6.07) is 5.76. The largest absolute Gasteiger partial charge is 0.353 e. The van der Waals surface area contributed by atoms with Crippen LogP contribution in [0.5, 0.6) is 0 Å². The Morgan fingerprint density at radius 3 is 2.54 bits per heavy atom. The molecule has 0 spiro atoms. The second kappa shape index (κ2) is 6.04. The molecule has 2 fully saturated rings. The van der Waals surface area contributed by atoms with Crippen LogP contribution in [0.1, 0.15) is 36.0 Å². The minimum Gasteiger partial charge on any atom is -0.353 e. The minimum atomic E-state index is 0.405. The fourth-order valence-corrected chi connectivity index (χ4v) is 2.96. The number of nitriles is 1. The lowest BCUT2D eigenvalue weighted by Gasteiger charge is -2.35. The van der Waals surface area contributed by atoms with Crippen LogP contribution >= 0.6 is 0 Å². The summed E-state index contributed by atoms with van der Waals surface area (Å²) in [5, 5.41) is 8.97. The lowest BCUT2D eigenvalue weighted by atomic mass is 10.3. The molecule has 7 nitrogen and oxygen atoms in total. The van der Waals surface area contributed by atoms with Gasteiger partial charge < -0.3 is 9.80 Å². The summed E-state index contributed by atoms with van der Waals surface area (Å²) in [5.74, 6) is 3.21. The van der Waals surface area contributed by atoms with Crippen molar-refractivity contribution in [2.75, 3.05) is 36.0 Å². The zero-order valence-electron chi connectivity index (χ0n) is 13.7. The highest BCUT2D eigenvalue weighted by atomic mass is 15.3. The third kappa shape index (κ3) is 3.00. The Kier molecular flexibility index (Phi) is 3.73. The van der Waals surface area contributed by atoms with Gasteiger partial charge in [-0.25, -0.2) is 19.9 Å². The van der Waals surface area contributed by atoms with Gasteiger partial charge in [0.1, 0.15) is 23.4 Å². The molecule has 4 rings (SSSR count). The molecule has 0 aromatic carbocycles. The number of aromatic nitrogens is 4. The Hall–Kier alpha value is -2.75. The fraction of sp³-hybridized carbons (Fsp3) is 0.471. The second-order valence-electron chi connectivity index (χ2n) is 6.33. The van der Waals surface area contributed by atoms with Crippen molar-refractivity contribution in [3.05, 3.63) is 35.5 Å². The maximum Gasteiger partial charge on any atom is 0.226 e. The van der Waals surface area contributed by atoms with Gasteiger partial charge in [-0.15, -0.1) is 0 Å². The van der Waals surface area contributed by atoms with E-state index in [0.717, 1.165) is 43.5 Å². The zero-order chi connectivity index (χ0) is 16.5. The minimum absolute atomic E-state index is 0.405. The molecule has 0 radical (unpaired) electrons. The topological polar surface area (TPSA) is 81.8 Å². The summed E-state index contributed by atoms with van der Waals surface area (Å²) < 4.78 is 0. The van der Waals surface area contributed by atoms with E-state index >= 15 is 0 Å². The highest BCUT2D eigenvalue weighted by Crippen LogP contribution is 2.38. The monoisotopic (exact) mass is 321 g/mol. The van der Waals surface area contributed by atoms with Crippen molar-refractivity contribution in [3.63, 3.8) is 0 Å². The lowest BCUT2D eigenvalue weighted by molar-refractivity contribution is 0.631. The Labute approximate surface area is 141 Å². The van der Waals surface area contributed by atoms with Crippen LogP contribution in [0.3, 0.4) is 0 Å². The summed E-state index contributed by atoms with van der Waals surface area (Å²) >= 11 is 0. The molecule has 1 saturated carbocycles. The molecule has 0 unspecified atom stereocenters. The molecule has 0 bridgehead atoms. The van der Waals surface area contributed by atoms with Gasteiger partial charge in [-0.05, 0) is 25.8 Å². The van der Waals surface area contributed by atoms with E-state index in [-0.39, 0.29) is 0 Å². The molecule has 0 amide bonds. The van der Waals surface area contributed by atoms with Crippen molar-refractivity contribution < 1.29 is 0 Å². The van der Waals surface area contributed by atoms with Gasteiger partial charge in [-0.3, -0.25) is 0 Å².